The summed E-state index contributed by atoms with van der Waals surface area (Å²) in [6, 6.07) is 4.13. The summed E-state index contributed by atoms with van der Waals surface area (Å²) in [7, 11) is 0. The minimum atomic E-state index is -0.818. The maximum Gasteiger partial charge on any atom is 0.160 e. The van der Waals surface area contributed by atoms with E-state index in [-0.39, 0.29) is 11.6 Å². The average Bonchev–Trinajstić information content (AvgIpc) is 2.22. The van der Waals surface area contributed by atoms with Gasteiger partial charge in [-0.1, -0.05) is 0 Å². The molecule has 94 valence electrons. The van der Waals surface area contributed by atoms with Gasteiger partial charge in [0, 0.05) is 24.4 Å². The molecule has 1 fully saturated rings. The third-order valence-electron chi connectivity index (χ3n) is 2.99. The zero-order valence-corrected chi connectivity index (χ0v) is 10.1. The number of nitrogens with one attached hydrogen (secondary N) is 1. The Morgan fingerprint density at radius 2 is 2.06 bits per heavy atom. The van der Waals surface area contributed by atoms with Gasteiger partial charge in [-0.15, -0.1) is 0 Å². The molecule has 0 bridgehead atoms. The van der Waals surface area contributed by atoms with Gasteiger partial charge in [-0.25, -0.2) is 8.78 Å². The van der Waals surface area contributed by atoms with Gasteiger partial charge in [0.2, 0.25) is 0 Å². The number of ether oxygens (including phenoxy) is 1. The minimum absolute atomic E-state index is 0.158. The van der Waals surface area contributed by atoms with Gasteiger partial charge >= 0.3 is 0 Å². The number of rotatable bonds is 2. The molecule has 1 aromatic carbocycles. The fourth-order valence-electron chi connectivity index (χ4n) is 2.18. The van der Waals surface area contributed by atoms with Gasteiger partial charge in [0.1, 0.15) is 0 Å². The first-order valence-corrected chi connectivity index (χ1v) is 5.82. The van der Waals surface area contributed by atoms with E-state index >= 15 is 0 Å². The topological polar surface area (TPSA) is 21.3 Å². The predicted molar refractivity (Wildman–Crippen MR) is 63.0 cm³/mol. The van der Waals surface area contributed by atoms with Crippen LogP contribution in [0.25, 0.3) is 0 Å². The van der Waals surface area contributed by atoms with Crippen LogP contribution >= 0.6 is 0 Å². The van der Waals surface area contributed by atoms with E-state index in [1.165, 1.54) is 6.07 Å². The lowest BCUT2D eigenvalue weighted by Crippen LogP contribution is -2.40. The van der Waals surface area contributed by atoms with Gasteiger partial charge in [0.05, 0.1) is 5.60 Å². The van der Waals surface area contributed by atoms with Crippen molar-refractivity contribution in [3.63, 3.8) is 0 Å². The number of hydrogen-bond donors (Lipinski definition) is 1. The molecular weight excluding hydrogens is 224 g/mol. The van der Waals surface area contributed by atoms with Crippen molar-refractivity contribution < 1.29 is 13.5 Å². The second-order valence-electron chi connectivity index (χ2n) is 5.07. The van der Waals surface area contributed by atoms with Crippen molar-refractivity contribution in [3.05, 3.63) is 29.8 Å². The SMILES string of the molecule is CC1(C)CC(Nc2ccc(F)c(F)c2)CCO1. The quantitative estimate of drug-likeness (QED) is 0.857. The maximum atomic E-state index is 13.0. The Kier molecular flexibility index (Phi) is 3.33. The molecule has 1 N–H and O–H groups in total. The molecule has 4 heteroatoms. The molecule has 1 atom stereocenters. The zero-order valence-electron chi connectivity index (χ0n) is 10.1. The van der Waals surface area contributed by atoms with E-state index in [1.54, 1.807) is 6.07 Å². The Morgan fingerprint density at radius 3 is 2.71 bits per heavy atom. The van der Waals surface area contributed by atoms with Crippen LogP contribution in [0.3, 0.4) is 0 Å². The Morgan fingerprint density at radius 1 is 1.29 bits per heavy atom. The first-order valence-electron chi connectivity index (χ1n) is 5.82. The van der Waals surface area contributed by atoms with Crippen LogP contribution in [0.2, 0.25) is 0 Å². The van der Waals surface area contributed by atoms with Crippen LogP contribution in [-0.2, 0) is 4.74 Å². The monoisotopic (exact) mass is 241 g/mol. The normalized spacial score (nSPS) is 23.4. The molecular formula is C13H17F2NO. The third-order valence-corrected chi connectivity index (χ3v) is 2.99. The summed E-state index contributed by atoms with van der Waals surface area (Å²) in [6.07, 6.45) is 1.73. The van der Waals surface area contributed by atoms with Gasteiger partial charge in [0.25, 0.3) is 0 Å². The molecule has 0 aromatic heterocycles. The van der Waals surface area contributed by atoms with Crippen molar-refractivity contribution in [1.82, 2.24) is 0 Å². The molecule has 1 aliphatic heterocycles. The number of anilines is 1. The van der Waals surface area contributed by atoms with Gasteiger partial charge < -0.3 is 10.1 Å². The van der Waals surface area contributed by atoms with Crippen molar-refractivity contribution in [1.29, 1.82) is 0 Å². The Hall–Kier alpha value is -1.16. The minimum Gasteiger partial charge on any atom is -0.382 e. The van der Waals surface area contributed by atoms with Gasteiger partial charge in [-0.3, -0.25) is 0 Å². The van der Waals surface area contributed by atoms with Crippen molar-refractivity contribution >= 4 is 5.69 Å². The summed E-state index contributed by atoms with van der Waals surface area (Å²) in [6.45, 7) is 4.76. The van der Waals surface area contributed by atoms with E-state index in [0.717, 1.165) is 18.9 Å². The molecule has 2 rings (SSSR count). The van der Waals surface area contributed by atoms with Gasteiger partial charge in [0.15, 0.2) is 11.6 Å². The maximum absolute atomic E-state index is 13.0. The summed E-state index contributed by atoms with van der Waals surface area (Å²) in [4.78, 5) is 0. The zero-order chi connectivity index (χ0) is 12.5. The highest BCUT2D eigenvalue weighted by Crippen LogP contribution is 2.26. The standard InChI is InChI=1S/C13H17F2NO/c1-13(2)8-10(5-6-17-13)16-9-3-4-11(14)12(15)7-9/h3-4,7,10,16H,5-6,8H2,1-2H3. The van der Waals surface area contributed by atoms with Crippen molar-refractivity contribution in [3.8, 4) is 0 Å². The van der Waals surface area contributed by atoms with Crippen LogP contribution in [0, 0.1) is 11.6 Å². The molecule has 0 amide bonds. The number of hydrogen-bond acceptors (Lipinski definition) is 2. The molecule has 0 saturated carbocycles. The van der Waals surface area contributed by atoms with Gasteiger partial charge in [-0.2, -0.15) is 0 Å². The van der Waals surface area contributed by atoms with Crippen LogP contribution in [0.1, 0.15) is 26.7 Å². The van der Waals surface area contributed by atoms with Crippen LogP contribution < -0.4 is 5.32 Å². The summed E-state index contributed by atoms with van der Waals surface area (Å²) in [5.74, 6) is -1.64. The van der Waals surface area contributed by atoms with Crippen LogP contribution in [-0.4, -0.2) is 18.2 Å². The summed E-state index contributed by atoms with van der Waals surface area (Å²) in [5, 5.41) is 3.22. The van der Waals surface area contributed by atoms with E-state index in [9.17, 15) is 8.78 Å². The molecule has 17 heavy (non-hydrogen) atoms. The lowest BCUT2D eigenvalue weighted by Gasteiger charge is -2.36. The third kappa shape index (κ3) is 3.16. The molecule has 2 nitrogen and oxygen atoms in total. The molecule has 0 spiro atoms. The Bertz CT molecular complexity index is 406. The first-order chi connectivity index (χ1) is 7.96. The van der Waals surface area contributed by atoms with Crippen LogP contribution in [0.4, 0.5) is 14.5 Å². The highest BCUT2D eigenvalue weighted by Gasteiger charge is 2.28. The lowest BCUT2D eigenvalue weighted by atomic mass is 9.94. The fourth-order valence-corrected chi connectivity index (χ4v) is 2.18. The summed E-state index contributed by atoms with van der Waals surface area (Å²) < 4.78 is 31.4. The van der Waals surface area contributed by atoms with E-state index in [1.807, 2.05) is 13.8 Å². The summed E-state index contributed by atoms with van der Waals surface area (Å²) in [5.41, 5.74) is 0.459. The molecule has 1 saturated heterocycles. The van der Waals surface area contributed by atoms with E-state index in [4.69, 9.17) is 4.74 Å². The van der Waals surface area contributed by atoms with E-state index in [2.05, 4.69) is 5.32 Å². The van der Waals surface area contributed by atoms with Crippen molar-refractivity contribution in [2.75, 3.05) is 11.9 Å². The fraction of sp³-hybridized carbons (Fsp3) is 0.538. The Labute approximate surface area is 100.0 Å². The molecule has 1 unspecified atom stereocenters. The van der Waals surface area contributed by atoms with Crippen molar-refractivity contribution in [2.45, 2.75) is 38.3 Å². The molecule has 1 aliphatic rings. The van der Waals surface area contributed by atoms with Crippen molar-refractivity contribution in [2.24, 2.45) is 0 Å². The largest absolute Gasteiger partial charge is 0.382 e. The average molecular weight is 241 g/mol. The highest BCUT2D eigenvalue weighted by atomic mass is 19.2. The van der Waals surface area contributed by atoms with Crippen LogP contribution in [0.15, 0.2) is 18.2 Å². The predicted octanol–water partition coefficient (Wildman–Crippen LogP) is 3.33. The number of benzene rings is 1. The van der Waals surface area contributed by atoms with Crippen LogP contribution in [0.5, 0.6) is 0 Å². The van der Waals surface area contributed by atoms with E-state index in [0.29, 0.717) is 12.3 Å². The second-order valence-corrected chi connectivity index (χ2v) is 5.07. The second kappa shape index (κ2) is 4.61. The summed E-state index contributed by atoms with van der Waals surface area (Å²) >= 11 is 0. The molecule has 1 aromatic rings. The smallest absolute Gasteiger partial charge is 0.160 e. The van der Waals surface area contributed by atoms with Gasteiger partial charge in [-0.05, 0) is 38.8 Å². The number of halogens is 2. The lowest BCUT2D eigenvalue weighted by molar-refractivity contribution is -0.0553. The van der Waals surface area contributed by atoms with E-state index < -0.39 is 11.6 Å². The molecule has 0 radical (unpaired) electrons. The molecule has 1 heterocycles. The highest BCUT2D eigenvalue weighted by molar-refractivity contribution is 5.44. The molecule has 0 aliphatic carbocycles. The Balaban J connectivity index is 2.03. The first kappa shape index (κ1) is 12.3.